The molecule has 0 saturated carbocycles. The van der Waals surface area contributed by atoms with Gasteiger partial charge >= 0.3 is 0 Å². The molecule has 0 aliphatic rings. The van der Waals surface area contributed by atoms with Gasteiger partial charge in [-0.05, 0) is 29.8 Å². The third-order valence-electron chi connectivity index (χ3n) is 3.34. The number of nitrogens with zero attached hydrogens (tertiary/aromatic N) is 1. The lowest BCUT2D eigenvalue weighted by Crippen LogP contribution is -1.99. The first kappa shape index (κ1) is 14.6. The first-order valence-corrected chi connectivity index (χ1v) is 7.76. The Morgan fingerprint density at radius 3 is 2.57 bits per heavy atom. The van der Waals surface area contributed by atoms with Crippen LogP contribution in [0.15, 0.2) is 54.6 Å². The van der Waals surface area contributed by atoms with Crippen LogP contribution in [0.1, 0.15) is 16.6 Å². The summed E-state index contributed by atoms with van der Waals surface area (Å²) in [6, 6.07) is 17.5. The van der Waals surface area contributed by atoms with Crippen molar-refractivity contribution in [2.24, 2.45) is 0 Å². The van der Waals surface area contributed by atoms with Crippen molar-refractivity contribution >= 4 is 45.7 Å². The molecule has 2 aromatic carbocycles. The van der Waals surface area contributed by atoms with Crippen LogP contribution < -0.4 is 0 Å². The maximum atomic E-state index is 6.48. The third-order valence-corrected chi connectivity index (χ3v) is 4.30. The highest BCUT2D eigenvalue weighted by Gasteiger charge is 2.14. The van der Waals surface area contributed by atoms with Gasteiger partial charge in [0, 0.05) is 27.5 Å². The van der Waals surface area contributed by atoms with E-state index in [9.17, 15) is 0 Å². The minimum absolute atomic E-state index is 0.233. The van der Waals surface area contributed by atoms with Gasteiger partial charge in [-0.3, -0.25) is 4.98 Å². The lowest BCUT2D eigenvalue weighted by molar-refractivity contribution is 0.888. The van der Waals surface area contributed by atoms with Crippen molar-refractivity contribution in [1.82, 2.24) is 4.98 Å². The Balaban J connectivity index is 1.87. The fourth-order valence-electron chi connectivity index (χ4n) is 2.27. The second-order valence-corrected chi connectivity index (χ2v) is 6.20. The summed E-state index contributed by atoms with van der Waals surface area (Å²) in [5, 5.41) is 2.08. The lowest BCUT2D eigenvalue weighted by atomic mass is 10.1. The molecule has 3 rings (SSSR count). The summed E-state index contributed by atoms with van der Waals surface area (Å²) >= 11 is 18.6. The summed E-state index contributed by atoms with van der Waals surface area (Å²) in [5.41, 5.74) is 2.79. The number of para-hydroxylation sites is 1. The zero-order valence-corrected chi connectivity index (χ0v) is 13.3. The van der Waals surface area contributed by atoms with Crippen molar-refractivity contribution < 1.29 is 0 Å². The fourth-order valence-corrected chi connectivity index (χ4v) is 3.22. The molecule has 3 aromatic rings. The van der Waals surface area contributed by atoms with Gasteiger partial charge in [0.05, 0.1) is 10.9 Å². The topological polar surface area (TPSA) is 12.9 Å². The van der Waals surface area contributed by atoms with Gasteiger partial charge in [0.25, 0.3) is 0 Å². The molecule has 1 heterocycles. The van der Waals surface area contributed by atoms with Crippen LogP contribution in [0.25, 0.3) is 10.9 Å². The van der Waals surface area contributed by atoms with Gasteiger partial charge in [0.1, 0.15) is 0 Å². The lowest BCUT2D eigenvalue weighted by Gasteiger charge is -2.12. The van der Waals surface area contributed by atoms with Gasteiger partial charge in [-0.25, -0.2) is 0 Å². The summed E-state index contributed by atoms with van der Waals surface area (Å²) in [4.78, 5) is 4.63. The van der Waals surface area contributed by atoms with E-state index >= 15 is 0 Å². The Morgan fingerprint density at radius 2 is 1.76 bits per heavy atom. The molecule has 1 unspecified atom stereocenters. The summed E-state index contributed by atoms with van der Waals surface area (Å²) in [6.07, 6.45) is 0.619. The molecule has 21 heavy (non-hydrogen) atoms. The largest absolute Gasteiger partial charge is 0.253 e. The van der Waals surface area contributed by atoms with E-state index in [1.54, 1.807) is 12.1 Å². The monoisotopic (exact) mass is 335 g/mol. The molecule has 1 nitrogen and oxygen atoms in total. The number of hydrogen-bond donors (Lipinski definition) is 0. The SMILES string of the molecule is Clc1ccc(C(Cl)Cc2ccc3ccccc3n2)c(Cl)c1. The van der Waals surface area contributed by atoms with Crippen molar-refractivity contribution in [3.63, 3.8) is 0 Å². The third kappa shape index (κ3) is 3.32. The predicted octanol–water partition coefficient (Wildman–Crippen LogP) is 6.06. The zero-order chi connectivity index (χ0) is 14.8. The van der Waals surface area contributed by atoms with Crippen LogP contribution in [0.3, 0.4) is 0 Å². The van der Waals surface area contributed by atoms with Gasteiger partial charge < -0.3 is 0 Å². The molecule has 0 fully saturated rings. The highest BCUT2D eigenvalue weighted by Crippen LogP contribution is 2.32. The van der Waals surface area contributed by atoms with Crippen molar-refractivity contribution in [3.8, 4) is 0 Å². The quantitative estimate of drug-likeness (QED) is 0.529. The number of benzene rings is 2. The molecule has 0 amide bonds. The Morgan fingerprint density at radius 1 is 0.952 bits per heavy atom. The molecule has 0 radical (unpaired) electrons. The molecule has 4 heteroatoms. The molecule has 0 N–H and O–H groups in total. The number of fused-ring (bicyclic) bond motifs is 1. The number of halogens is 3. The highest BCUT2D eigenvalue weighted by molar-refractivity contribution is 6.35. The van der Waals surface area contributed by atoms with Gasteiger partial charge in [-0.1, -0.05) is 53.5 Å². The molecule has 0 spiro atoms. The zero-order valence-electron chi connectivity index (χ0n) is 11.1. The predicted molar refractivity (Wildman–Crippen MR) is 90.5 cm³/mol. The van der Waals surface area contributed by atoms with Crippen LogP contribution in [0.2, 0.25) is 10.0 Å². The minimum atomic E-state index is -0.233. The molecular formula is C17H12Cl3N. The summed E-state index contributed by atoms with van der Waals surface area (Å²) in [5.74, 6) is 0. The van der Waals surface area contributed by atoms with Crippen molar-refractivity contribution in [2.75, 3.05) is 0 Å². The fraction of sp³-hybridized carbons (Fsp3) is 0.118. The van der Waals surface area contributed by atoms with Crippen LogP contribution in [-0.4, -0.2) is 4.98 Å². The maximum Gasteiger partial charge on any atom is 0.0705 e. The molecule has 1 atom stereocenters. The van der Waals surface area contributed by atoms with E-state index in [-0.39, 0.29) is 5.38 Å². The van der Waals surface area contributed by atoms with Crippen LogP contribution in [-0.2, 0) is 6.42 Å². The van der Waals surface area contributed by atoms with Crippen LogP contribution in [0.4, 0.5) is 0 Å². The Hall–Kier alpha value is -1.28. The van der Waals surface area contributed by atoms with E-state index in [1.807, 2.05) is 36.4 Å². The first-order valence-electron chi connectivity index (χ1n) is 6.57. The van der Waals surface area contributed by atoms with Gasteiger partial charge in [0.2, 0.25) is 0 Å². The van der Waals surface area contributed by atoms with Crippen molar-refractivity contribution in [1.29, 1.82) is 0 Å². The van der Waals surface area contributed by atoms with Crippen LogP contribution >= 0.6 is 34.8 Å². The first-order chi connectivity index (χ1) is 10.1. The van der Waals surface area contributed by atoms with Gasteiger partial charge in [0.15, 0.2) is 0 Å². The van der Waals surface area contributed by atoms with E-state index in [0.717, 1.165) is 22.2 Å². The van der Waals surface area contributed by atoms with Crippen LogP contribution in [0, 0.1) is 0 Å². The minimum Gasteiger partial charge on any atom is -0.253 e. The molecule has 0 aliphatic heterocycles. The average molecular weight is 337 g/mol. The summed E-state index contributed by atoms with van der Waals surface area (Å²) in [7, 11) is 0. The molecule has 1 aromatic heterocycles. The number of alkyl halides is 1. The Bertz CT molecular complexity index is 786. The molecular weight excluding hydrogens is 325 g/mol. The molecule has 0 saturated heterocycles. The summed E-state index contributed by atoms with van der Waals surface area (Å²) in [6.45, 7) is 0. The Labute approximate surface area is 138 Å². The normalized spacial score (nSPS) is 12.5. The number of pyridine rings is 1. The number of hydrogen-bond acceptors (Lipinski definition) is 1. The second-order valence-electron chi connectivity index (χ2n) is 4.83. The van der Waals surface area contributed by atoms with Crippen molar-refractivity contribution in [2.45, 2.75) is 11.8 Å². The van der Waals surface area contributed by atoms with Crippen LogP contribution in [0.5, 0.6) is 0 Å². The molecule has 0 bridgehead atoms. The number of rotatable bonds is 3. The standard InChI is InChI=1S/C17H12Cl3N/c18-12-6-8-14(15(19)9-12)16(20)10-13-7-5-11-3-1-2-4-17(11)21-13/h1-9,16H,10H2. The summed E-state index contributed by atoms with van der Waals surface area (Å²) < 4.78 is 0. The van der Waals surface area contributed by atoms with Gasteiger partial charge in [-0.15, -0.1) is 11.6 Å². The maximum absolute atomic E-state index is 6.48. The second kappa shape index (κ2) is 6.23. The molecule has 106 valence electrons. The average Bonchev–Trinajstić information content (AvgIpc) is 2.47. The Kier molecular flexibility index (Phi) is 4.34. The van der Waals surface area contributed by atoms with E-state index in [1.165, 1.54) is 0 Å². The highest BCUT2D eigenvalue weighted by atomic mass is 35.5. The smallest absolute Gasteiger partial charge is 0.0705 e. The van der Waals surface area contributed by atoms with E-state index in [0.29, 0.717) is 16.5 Å². The van der Waals surface area contributed by atoms with E-state index in [4.69, 9.17) is 34.8 Å². The van der Waals surface area contributed by atoms with E-state index < -0.39 is 0 Å². The molecule has 0 aliphatic carbocycles. The number of aromatic nitrogens is 1. The van der Waals surface area contributed by atoms with Crippen molar-refractivity contribution in [3.05, 3.63) is 75.9 Å². The van der Waals surface area contributed by atoms with E-state index in [2.05, 4.69) is 11.1 Å². The van der Waals surface area contributed by atoms with Gasteiger partial charge in [-0.2, -0.15) is 0 Å².